The van der Waals surface area contributed by atoms with Gasteiger partial charge in [0.15, 0.2) is 0 Å². The molecule has 0 radical (unpaired) electrons. The highest BCUT2D eigenvalue weighted by molar-refractivity contribution is 7.89. The number of nitrogens with two attached hydrogens (primary N) is 1. The second-order valence-electron chi connectivity index (χ2n) is 4.44. The van der Waals surface area contributed by atoms with E-state index < -0.39 is 16.0 Å². The van der Waals surface area contributed by atoms with Crippen LogP contribution in [0.25, 0.3) is 0 Å². The molecule has 0 saturated heterocycles. The molecule has 7 nitrogen and oxygen atoms in total. The number of rotatable bonds is 5. The summed E-state index contributed by atoms with van der Waals surface area (Å²) in [4.78, 5) is 10.7. The summed E-state index contributed by atoms with van der Waals surface area (Å²) in [6.45, 7) is 0.269. The van der Waals surface area contributed by atoms with E-state index in [1.54, 1.807) is 24.3 Å². The molecule has 3 N–H and O–H groups in total. The first-order valence-electron chi connectivity index (χ1n) is 6.19. The van der Waals surface area contributed by atoms with E-state index in [0.717, 1.165) is 5.56 Å². The van der Waals surface area contributed by atoms with Crippen LogP contribution in [0.1, 0.15) is 15.9 Å². The van der Waals surface area contributed by atoms with Crippen LogP contribution in [0.3, 0.4) is 0 Å². The number of sulfonamides is 1. The van der Waals surface area contributed by atoms with Crippen molar-refractivity contribution in [3.63, 3.8) is 0 Å². The fraction of sp³-hybridized carbons (Fsp3) is 0.0714. The lowest BCUT2D eigenvalue weighted by molar-refractivity contribution is 0.0697. The number of benzene rings is 2. The minimum atomic E-state index is -3.70. The maximum atomic E-state index is 11.1. The van der Waals surface area contributed by atoms with Crippen molar-refractivity contribution in [3.05, 3.63) is 59.7 Å². The van der Waals surface area contributed by atoms with Crippen LogP contribution in [-0.4, -0.2) is 19.5 Å². The molecule has 2 rings (SSSR count). The van der Waals surface area contributed by atoms with Gasteiger partial charge in [0.2, 0.25) is 10.0 Å². The van der Waals surface area contributed by atoms with Gasteiger partial charge in [-0.25, -0.2) is 18.4 Å². The Morgan fingerprint density at radius 3 is 2.14 bits per heavy atom. The second kappa shape index (κ2) is 6.46. The lowest BCUT2D eigenvalue weighted by Crippen LogP contribution is -2.11. The van der Waals surface area contributed by atoms with Gasteiger partial charge < -0.3 is 5.11 Å². The number of hydrogen-bond donors (Lipinski definition) is 2. The lowest BCUT2D eigenvalue weighted by Gasteiger charge is -1.99. The maximum Gasteiger partial charge on any atom is 0.335 e. The number of carboxylic acids is 1. The maximum absolute atomic E-state index is 11.1. The number of azo groups is 1. The van der Waals surface area contributed by atoms with Crippen molar-refractivity contribution in [2.45, 2.75) is 11.4 Å². The van der Waals surface area contributed by atoms with Crippen molar-refractivity contribution in [1.29, 1.82) is 0 Å². The zero-order valence-electron chi connectivity index (χ0n) is 11.4. The monoisotopic (exact) mass is 319 g/mol. The molecule has 0 bridgehead atoms. The SMILES string of the molecule is NS(=O)(=O)c1ccc(CN=Nc2ccc(C(=O)O)cc2)cc1. The van der Waals surface area contributed by atoms with Crippen molar-refractivity contribution in [3.8, 4) is 0 Å². The van der Waals surface area contributed by atoms with Crippen molar-refractivity contribution < 1.29 is 18.3 Å². The zero-order chi connectivity index (χ0) is 16.2. The molecule has 0 aromatic heterocycles. The molecular weight excluding hydrogens is 306 g/mol. The zero-order valence-corrected chi connectivity index (χ0v) is 12.2. The van der Waals surface area contributed by atoms with Gasteiger partial charge in [-0.05, 0) is 42.0 Å². The number of aromatic carboxylic acids is 1. The Kier molecular flexibility index (Phi) is 4.64. The van der Waals surface area contributed by atoms with Crippen molar-refractivity contribution in [2.24, 2.45) is 15.4 Å². The first kappa shape index (κ1) is 15.8. The van der Waals surface area contributed by atoms with Gasteiger partial charge in [-0.15, -0.1) is 0 Å². The van der Waals surface area contributed by atoms with Gasteiger partial charge in [0.1, 0.15) is 0 Å². The number of nitrogens with zero attached hydrogens (tertiary/aromatic N) is 2. The van der Waals surface area contributed by atoms with E-state index >= 15 is 0 Å². The molecule has 0 amide bonds. The summed E-state index contributed by atoms with van der Waals surface area (Å²) in [5.41, 5.74) is 1.49. The standard InChI is InChI=1S/C14H13N3O4S/c15-22(20,21)13-7-1-10(2-8-13)9-16-17-12-5-3-11(4-6-12)14(18)19/h1-8H,9H2,(H,18,19)(H2,15,20,21). The Morgan fingerprint density at radius 1 is 1.05 bits per heavy atom. The van der Waals surface area contributed by atoms with Crippen LogP contribution < -0.4 is 5.14 Å². The average molecular weight is 319 g/mol. The molecule has 0 fully saturated rings. The fourth-order valence-electron chi connectivity index (χ4n) is 1.65. The molecule has 22 heavy (non-hydrogen) atoms. The van der Waals surface area contributed by atoms with Gasteiger partial charge in [0, 0.05) is 0 Å². The molecule has 0 aliphatic carbocycles. The van der Waals surface area contributed by atoms with Crippen LogP contribution in [0.15, 0.2) is 63.7 Å². The topological polar surface area (TPSA) is 122 Å². The Bertz CT molecular complexity index is 797. The highest BCUT2D eigenvalue weighted by atomic mass is 32.2. The first-order valence-corrected chi connectivity index (χ1v) is 7.73. The Labute approximate surface area is 127 Å². The molecule has 0 aliphatic heterocycles. The van der Waals surface area contributed by atoms with Gasteiger partial charge >= 0.3 is 5.97 Å². The van der Waals surface area contributed by atoms with Crippen LogP contribution in [0.2, 0.25) is 0 Å². The largest absolute Gasteiger partial charge is 0.478 e. The first-order chi connectivity index (χ1) is 10.4. The van der Waals surface area contributed by atoms with Gasteiger partial charge in [-0.2, -0.15) is 10.2 Å². The number of carboxylic acid groups (broad SMARTS) is 1. The van der Waals surface area contributed by atoms with Gasteiger partial charge in [0.25, 0.3) is 0 Å². The molecule has 0 aliphatic rings. The normalized spacial score (nSPS) is 11.7. The van der Waals surface area contributed by atoms with Crippen LogP contribution in [-0.2, 0) is 16.6 Å². The second-order valence-corrected chi connectivity index (χ2v) is 6.00. The van der Waals surface area contributed by atoms with E-state index in [1.165, 1.54) is 24.3 Å². The number of carbonyl (C=O) groups is 1. The van der Waals surface area contributed by atoms with Gasteiger partial charge in [-0.3, -0.25) is 0 Å². The average Bonchev–Trinajstić information content (AvgIpc) is 2.47. The predicted molar refractivity (Wildman–Crippen MR) is 79.4 cm³/mol. The Balaban J connectivity index is 2.01. The van der Waals surface area contributed by atoms with Crippen molar-refractivity contribution in [1.82, 2.24) is 0 Å². The van der Waals surface area contributed by atoms with Crippen LogP contribution in [0.4, 0.5) is 5.69 Å². The molecule has 2 aromatic carbocycles. The quantitative estimate of drug-likeness (QED) is 0.821. The highest BCUT2D eigenvalue weighted by Gasteiger charge is 2.06. The van der Waals surface area contributed by atoms with Crippen LogP contribution in [0, 0.1) is 0 Å². The highest BCUT2D eigenvalue weighted by Crippen LogP contribution is 2.15. The molecule has 2 aromatic rings. The van der Waals surface area contributed by atoms with E-state index in [0.29, 0.717) is 5.69 Å². The van der Waals surface area contributed by atoms with E-state index in [-0.39, 0.29) is 17.0 Å². The fourth-order valence-corrected chi connectivity index (χ4v) is 2.17. The third-order valence-electron chi connectivity index (χ3n) is 2.81. The molecular formula is C14H13N3O4S. The van der Waals surface area contributed by atoms with Gasteiger partial charge in [0.05, 0.1) is 22.7 Å². The van der Waals surface area contributed by atoms with E-state index in [9.17, 15) is 13.2 Å². The van der Waals surface area contributed by atoms with Gasteiger partial charge in [-0.1, -0.05) is 12.1 Å². The number of hydrogen-bond acceptors (Lipinski definition) is 5. The summed E-state index contributed by atoms with van der Waals surface area (Å²) in [5, 5.41) is 21.7. The summed E-state index contributed by atoms with van der Waals surface area (Å²) in [6, 6.07) is 12.0. The summed E-state index contributed by atoms with van der Waals surface area (Å²) < 4.78 is 22.2. The molecule has 0 unspecified atom stereocenters. The number of primary sulfonamides is 1. The Morgan fingerprint density at radius 2 is 1.64 bits per heavy atom. The van der Waals surface area contributed by atoms with E-state index in [2.05, 4.69) is 10.2 Å². The third kappa shape index (κ3) is 4.21. The molecule has 0 spiro atoms. The molecule has 0 heterocycles. The van der Waals surface area contributed by atoms with Crippen LogP contribution in [0.5, 0.6) is 0 Å². The summed E-state index contributed by atoms with van der Waals surface area (Å²) in [7, 11) is -3.70. The minimum Gasteiger partial charge on any atom is -0.478 e. The minimum absolute atomic E-state index is 0.0393. The lowest BCUT2D eigenvalue weighted by atomic mass is 10.2. The van der Waals surface area contributed by atoms with E-state index in [4.69, 9.17) is 10.2 Å². The summed E-state index contributed by atoms with van der Waals surface area (Å²) in [5.74, 6) is -1.00. The summed E-state index contributed by atoms with van der Waals surface area (Å²) >= 11 is 0. The molecule has 0 saturated carbocycles. The third-order valence-corrected chi connectivity index (χ3v) is 3.73. The van der Waals surface area contributed by atoms with Crippen LogP contribution >= 0.6 is 0 Å². The predicted octanol–water partition coefficient (Wildman–Crippen LogP) is 2.32. The summed E-state index contributed by atoms with van der Waals surface area (Å²) in [6.07, 6.45) is 0. The Hall–Kier alpha value is -2.58. The molecule has 0 atom stereocenters. The smallest absolute Gasteiger partial charge is 0.335 e. The van der Waals surface area contributed by atoms with Crippen molar-refractivity contribution >= 4 is 21.7 Å². The molecule has 114 valence electrons. The molecule has 8 heteroatoms. The van der Waals surface area contributed by atoms with Crippen molar-refractivity contribution in [2.75, 3.05) is 0 Å². The van der Waals surface area contributed by atoms with E-state index in [1.807, 2.05) is 0 Å².